The van der Waals surface area contributed by atoms with E-state index < -0.39 is 17.7 Å². The average Bonchev–Trinajstić information content (AvgIpc) is 2.68. The zero-order valence-electron chi connectivity index (χ0n) is 14.0. The molecule has 0 bridgehead atoms. The van der Waals surface area contributed by atoms with E-state index in [1.165, 1.54) is 42.5 Å². The summed E-state index contributed by atoms with van der Waals surface area (Å²) in [5, 5.41) is 18.8. The number of carbonyl (C=O) groups excluding carboxylic acids is 2. The molecule has 0 fully saturated rings. The Bertz CT molecular complexity index is 1010. The van der Waals surface area contributed by atoms with E-state index >= 15 is 0 Å². The maximum absolute atomic E-state index is 12.9. The van der Waals surface area contributed by atoms with Gasteiger partial charge in [0.05, 0.1) is 16.7 Å². The number of ketones is 1. The van der Waals surface area contributed by atoms with Crippen LogP contribution in [0.25, 0.3) is 0 Å². The van der Waals surface area contributed by atoms with Crippen LogP contribution in [0.4, 0.5) is 0 Å². The third kappa shape index (κ3) is 3.85. The number of rotatable bonds is 5. The van der Waals surface area contributed by atoms with Gasteiger partial charge in [0.25, 0.3) is 0 Å². The van der Waals surface area contributed by atoms with Gasteiger partial charge < -0.3 is 14.9 Å². The van der Waals surface area contributed by atoms with Crippen LogP contribution >= 0.6 is 0 Å². The van der Waals surface area contributed by atoms with E-state index in [0.717, 1.165) is 0 Å². The molecule has 0 aromatic heterocycles. The Hall–Kier alpha value is -3.93. The van der Waals surface area contributed by atoms with Gasteiger partial charge in [0.15, 0.2) is 5.78 Å². The first-order chi connectivity index (χ1) is 13.0. The Balaban J connectivity index is 2.05. The Morgan fingerprint density at radius 3 is 2.04 bits per heavy atom. The normalized spacial score (nSPS) is 10.2. The highest BCUT2D eigenvalue weighted by Crippen LogP contribution is 2.27. The molecule has 0 aliphatic carbocycles. The molecule has 2 N–H and O–H groups in total. The molecule has 6 heteroatoms. The van der Waals surface area contributed by atoms with Gasteiger partial charge in [0, 0.05) is 5.56 Å². The van der Waals surface area contributed by atoms with Gasteiger partial charge in [-0.05, 0) is 48.5 Å². The van der Waals surface area contributed by atoms with Crippen LogP contribution < -0.4 is 4.74 Å². The van der Waals surface area contributed by atoms with Crippen molar-refractivity contribution in [2.45, 2.75) is 0 Å². The zero-order valence-corrected chi connectivity index (χ0v) is 14.0. The molecule has 3 aromatic rings. The summed E-state index contributed by atoms with van der Waals surface area (Å²) in [5.41, 5.74) is -0.105. The summed E-state index contributed by atoms with van der Waals surface area (Å²) < 4.78 is 5.32. The molecule has 0 saturated heterocycles. The molecule has 0 spiro atoms. The topological polar surface area (TPSA) is 101 Å². The highest BCUT2D eigenvalue weighted by atomic mass is 16.5. The van der Waals surface area contributed by atoms with E-state index in [1.54, 1.807) is 30.3 Å². The van der Waals surface area contributed by atoms with Crippen molar-refractivity contribution in [3.05, 3.63) is 95.1 Å². The van der Waals surface area contributed by atoms with Crippen molar-refractivity contribution in [2.24, 2.45) is 0 Å². The number of ether oxygens (including phenoxy) is 1. The highest BCUT2D eigenvalue weighted by Gasteiger charge is 2.24. The lowest BCUT2D eigenvalue weighted by atomic mass is 9.97. The van der Waals surface area contributed by atoms with Crippen LogP contribution in [0.5, 0.6) is 11.5 Å². The fraction of sp³-hybridized carbons (Fsp3) is 0. The van der Waals surface area contributed by atoms with Crippen LogP contribution in [0.3, 0.4) is 0 Å². The van der Waals surface area contributed by atoms with Crippen molar-refractivity contribution in [2.75, 3.05) is 0 Å². The SMILES string of the molecule is O=C(Oc1cccc(C(=O)O)c1C(=O)c1ccc(O)cc1)c1ccccc1. The molecule has 0 saturated carbocycles. The fourth-order valence-electron chi connectivity index (χ4n) is 2.52. The lowest BCUT2D eigenvalue weighted by molar-refractivity contribution is 0.0682. The number of carbonyl (C=O) groups is 3. The largest absolute Gasteiger partial charge is 0.508 e. The number of benzene rings is 3. The number of aromatic carboxylic acids is 1. The van der Waals surface area contributed by atoms with Gasteiger partial charge in [0.1, 0.15) is 11.5 Å². The quantitative estimate of drug-likeness (QED) is 0.409. The van der Waals surface area contributed by atoms with Gasteiger partial charge in [-0.3, -0.25) is 4.79 Å². The van der Waals surface area contributed by atoms with Crippen LogP contribution in [0, 0.1) is 0 Å². The van der Waals surface area contributed by atoms with Crippen molar-refractivity contribution in [1.82, 2.24) is 0 Å². The molecule has 0 atom stereocenters. The summed E-state index contributed by atoms with van der Waals surface area (Å²) in [5.74, 6) is -2.85. The molecule has 3 rings (SSSR count). The first-order valence-corrected chi connectivity index (χ1v) is 7.94. The second kappa shape index (κ2) is 7.53. The Morgan fingerprint density at radius 2 is 1.41 bits per heavy atom. The first kappa shape index (κ1) is 17.9. The second-order valence-corrected chi connectivity index (χ2v) is 5.62. The van der Waals surface area contributed by atoms with Crippen LogP contribution in [0.1, 0.15) is 36.6 Å². The van der Waals surface area contributed by atoms with Crippen LogP contribution in [0.2, 0.25) is 0 Å². The summed E-state index contributed by atoms with van der Waals surface area (Å²) in [7, 11) is 0. The number of hydrogen-bond acceptors (Lipinski definition) is 5. The average molecular weight is 362 g/mol. The summed E-state index contributed by atoms with van der Waals surface area (Å²) in [4.78, 5) is 36.8. The molecule has 0 unspecified atom stereocenters. The van der Waals surface area contributed by atoms with Gasteiger partial charge in [0.2, 0.25) is 0 Å². The fourth-order valence-corrected chi connectivity index (χ4v) is 2.52. The molecule has 0 aliphatic heterocycles. The van der Waals surface area contributed by atoms with Crippen molar-refractivity contribution in [3.63, 3.8) is 0 Å². The second-order valence-electron chi connectivity index (χ2n) is 5.62. The Morgan fingerprint density at radius 1 is 0.741 bits per heavy atom. The number of phenolic OH excluding ortho intramolecular Hbond substituents is 1. The smallest absolute Gasteiger partial charge is 0.343 e. The van der Waals surface area contributed by atoms with Crippen LogP contribution in [-0.2, 0) is 0 Å². The number of hydrogen-bond donors (Lipinski definition) is 2. The molecule has 6 nitrogen and oxygen atoms in total. The van der Waals surface area contributed by atoms with Crippen LogP contribution in [0.15, 0.2) is 72.8 Å². The number of carboxylic acids is 1. The predicted molar refractivity (Wildman–Crippen MR) is 96.3 cm³/mol. The summed E-state index contributed by atoms with van der Waals surface area (Å²) >= 11 is 0. The van der Waals surface area contributed by atoms with Gasteiger partial charge in [-0.2, -0.15) is 0 Å². The van der Waals surface area contributed by atoms with E-state index in [-0.39, 0.29) is 33.8 Å². The standard InChI is InChI=1S/C21H14O6/c22-15-11-9-13(10-12-15)19(23)18-16(20(24)25)7-4-8-17(18)27-21(26)14-5-2-1-3-6-14/h1-12,22H,(H,24,25). The minimum absolute atomic E-state index is 0.0335. The molecule has 3 aromatic carbocycles. The van der Waals surface area contributed by atoms with E-state index in [9.17, 15) is 24.6 Å². The van der Waals surface area contributed by atoms with Crippen molar-refractivity contribution >= 4 is 17.7 Å². The van der Waals surface area contributed by atoms with Gasteiger partial charge >= 0.3 is 11.9 Å². The van der Waals surface area contributed by atoms with E-state index in [0.29, 0.717) is 0 Å². The van der Waals surface area contributed by atoms with Gasteiger partial charge in [-0.15, -0.1) is 0 Å². The van der Waals surface area contributed by atoms with Crippen molar-refractivity contribution < 1.29 is 29.3 Å². The molecule has 0 aliphatic rings. The number of esters is 1. The molecular weight excluding hydrogens is 348 g/mol. The number of aromatic hydroxyl groups is 1. The first-order valence-electron chi connectivity index (χ1n) is 7.94. The molecule has 0 amide bonds. The third-order valence-corrected chi connectivity index (χ3v) is 3.83. The lowest BCUT2D eigenvalue weighted by Gasteiger charge is -2.12. The molecule has 0 heterocycles. The maximum Gasteiger partial charge on any atom is 0.343 e. The highest BCUT2D eigenvalue weighted by molar-refractivity contribution is 6.16. The summed E-state index contributed by atoms with van der Waals surface area (Å²) in [6.45, 7) is 0. The molecule has 0 radical (unpaired) electrons. The van der Waals surface area contributed by atoms with E-state index in [4.69, 9.17) is 4.74 Å². The van der Waals surface area contributed by atoms with E-state index in [1.807, 2.05) is 0 Å². The molecule has 27 heavy (non-hydrogen) atoms. The Labute approximate surface area is 154 Å². The lowest BCUT2D eigenvalue weighted by Crippen LogP contribution is -2.15. The Kier molecular flexibility index (Phi) is 4.99. The molecule has 134 valence electrons. The summed E-state index contributed by atoms with van der Waals surface area (Å²) in [6.07, 6.45) is 0. The zero-order chi connectivity index (χ0) is 19.4. The van der Waals surface area contributed by atoms with Crippen molar-refractivity contribution in [3.8, 4) is 11.5 Å². The number of phenols is 1. The maximum atomic E-state index is 12.9. The van der Waals surface area contributed by atoms with Crippen molar-refractivity contribution in [1.29, 1.82) is 0 Å². The van der Waals surface area contributed by atoms with E-state index in [2.05, 4.69) is 0 Å². The number of carboxylic acid groups (broad SMARTS) is 1. The van der Waals surface area contributed by atoms with Gasteiger partial charge in [-0.25, -0.2) is 9.59 Å². The van der Waals surface area contributed by atoms with Gasteiger partial charge in [-0.1, -0.05) is 24.3 Å². The predicted octanol–water partition coefficient (Wildman–Crippen LogP) is 3.54. The minimum Gasteiger partial charge on any atom is -0.508 e. The third-order valence-electron chi connectivity index (χ3n) is 3.83. The van der Waals surface area contributed by atoms with Crippen LogP contribution in [-0.4, -0.2) is 27.9 Å². The minimum atomic E-state index is -1.32. The monoisotopic (exact) mass is 362 g/mol. The molecular formula is C21H14O6. The summed E-state index contributed by atoms with van der Waals surface area (Å²) in [6, 6.07) is 17.5.